The van der Waals surface area contributed by atoms with Crippen LogP contribution < -0.4 is 5.46 Å². The van der Waals surface area contributed by atoms with Gasteiger partial charge in [0.05, 0.1) is 0 Å². The first-order valence-corrected chi connectivity index (χ1v) is 3.29. The quantitative estimate of drug-likeness (QED) is 0.455. The number of aromatic nitrogens is 2. The van der Waals surface area contributed by atoms with Crippen molar-refractivity contribution in [3.63, 3.8) is 0 Å². The molecule has 1 heterocycles. The molecule has 0 aliphatic heterocycles. The zero-order valence-electron chi connectivity index (χ0n) is 6.49. The van der Waals surface area contributed by atoms with E-state index in [0.29, 0.717) is 0 Å². The first kappa shape index (κ1) is 7.79. The predicted octanol–water partition coefficient (Wildman–Crippen LogP) is 0.693. The van der Waals surface area contributed by atoms with Gasteiger partial charge in [-0.15, -0.1) is 0 Å². The second kappa shape index (κ2) is 3.19. The van der Waals surface area contributed by atoms with Crippen molar-refractivity contribution in [1.29, 1.82) is 0 Å². The monoisotopic (exact) mass is 146 g/mol. The van der Waals surface area contributed by atoms with Crippen LogP contribution in [0.3, 0.4) is 0 Å². The summed E-state index contributed by atoms with van der Waals surface area (Å²) in [6.07, 6.45) is 3.32. The van der Waals surface area contributed by atoms with Crippen molar-refractivity contribution < 1.29 is 0 Å². The van der Waals surface area contributed by atoms with Gasteiger partial charge in [0.15, 0.2) is 7.28 Å². The fourth-order valence-corrected chi connectivity index (χ4v) is 0.870. The van der Waals surface area contributed by atoms with Gasteiger partial charge in [-0.2, -0.15) is 5.10 Å². The smallest absolute Gasteiger partial charge is 0.155 e. The van der Waals surface area contributed by atoms with Gasteiger partial charge in [-0.3, -0.25) is 0 Å². The first-order valence-electron chi connectivity index (χ1n) is 3.29. The molecule has 0 unspecified atom stereocenters. The Labute approximate surface area is 66.7 Å². The van der Waals surface area contributed by atoms with Gasteiger partial charge in [0.2, 0.25) is 0 Å². The van der Waals surface area contributed by atoms with E-state index in [4.69, 9.17) is 0 Å². The average molecular weight is 146 g/mol. The Hall–Kier alpha value is -1.32. The molecule has 0 spiro atoms. The third-order valence-corrected chi connectivity index (χ3v) is 1.43. The molecule has 0 saturated carbocycles. The Bertz CT molecular complexity index is 277. The largest absolute Gasteiger partial charge is 0.245 e. The standard InChI is InChI=1S/C7H9BN3/c1-4-11-7(9-3)6(8-2)5-10-11/h4-5H,1,3H2,2H3. The molecule has 0 aromatic carbocycles. The van der Waals surface area contributed by atoms with Crippen LogP contribution >= 0.6 is 0 Å². The SMILES string of the molecule is C=Cn1ncc([B]C)c1N=C. The molecular weight excluding hydrogens is 137 g/mol. The van der Waals surface area contributed by atoms with Crippen LogP contribution in [0.5, 0.6) is 0 Å². The molecule has 4 heteroatoms. The van der Waals surface area contributed by atoms with Gasteiger partial charge in [-0.05, 0) is 12.2 Å². The van der Waals surface area contributed by atoms with Crippen molar-refractivity contribution in [3.8, 4) is 0 Å². The van der Waals surface area contributed by atoms with Crippen LogP contribution in [-0.4, -0.2) is 23.8 Å². The highest BCUT2D eigenvalue weighted by Gasteiger charge is 2.03. The van der Waals surface area contributed by atoms with Gasteiger partial charge in [0, 0.05) is 12.4 Å². The summed E-state index contributed by atoms with van der Waals surface area (Å²) in [5.41, 5.74) is 0.972. The van der Waals surface area contributed by atoms with E-state index < -0.39 is 0 Å². The van der Waals surface area contributed by atoms with Gasteiger partial charge in [0.25, 0.3) is 0 Å². The van der Waals surface area contributed by atoms with Gasteiger partial charge in [-0.1, -0.05) is 13.4 Å². The van der Waals surface area contributed by atoms with Gasteiger partial charge >= 0.3 is 0 Å². The first-order chi connectivity index (χ1) is 5.33. The molecular formula is C7H9BN3. The third kappa shape index (κ3) is 1.24. The summed E-state index contributed by atoms with van der Waals surface area (Å²) in [7, 11) is 1.93. The molecule has 55 valence electrons. The minimum atomic E-state index is 0.738. The summed E-state index contributed by atoms with van der Waals surface area (Å²) in [5.74, 6) is 0.738. The van der Waals surface area contributed by atoms with Crippen LogP contribution in [0, 0.1) is 0 Å². The topological polar surface area (TPSA) is 30.2 Å². The summed E-state index contributed by atoms with van der Waals surface area (Å²) in [4.78, 5) is 3.82. The Morgan fingerprint density at radius 2 is 2.55 bits per heavy atom. The van der Waals surface area contributed by atoms with Crippen molar-refractivity contribution in [1.82, 2.24) is 9.78 Å². The molecule has 0 atom stereocenters. The lowest BCUT2D eigenvalue weighted by Crippen LogP contribution is -2.08. The van der Waals surface area contributed by atoms with Crippen LogP contribution in [-0.2, 0) is 0 Å². The molecule has 0 amide bonds. The van der Waals surface area contributed by atoms with Crippen molar-refractivity contribution in [3.05, 3.63) is 12.8 Å². The van der Waals surface area contributed by atoms with Crippen LogP contribution in [0.25, 0.3) is 6.20 Å². The maximum absolute atomic E-state index is 4.01. The summed E-state index contributed by atoms with van der Waals surface area (Å²) >= 11 is 0. The molecule has 3 nitrogen and oxygen atoms in total. The van der Waals surface area contributed by atoms with Gasteiger partial charge < -0.3 is 0 Å². The lowest BCUT2D eigenvalue weighted by atomic mass is 9.75. The van der Waals surface area contributed by atoms with E-state index >= 15 is 0 Å². The maximum Gasteiger partial charge on any atom is 0.155 e. The Morgan fingerprint density at radius 3 is 3.00 bits per heavy atom. The predicted molar refractivity (Wildman–Crippen MR) is 49.1 cm³/mol. The van der Waals surface area contributed by atoms with Gasteiger partial charge in [0.1, 0.15) is 5.82 Å². The molecule has 1 aromatic heterocycles. The van der Waals surface area contributed by atoms with E-state index in [2.05, 4.69) is 23.4 Å². The molecule has 0 saturated heterocycles. The van der Waals surface area contributed by atoms with Crippen LogP contribution in [0.15, 0.2) is 17.8 Å². The average Bonchev–Trinajstić information content (AvgIpc) is 2.45. The molecule has 0 aliphatic carbocycles. The minimum absolute atomic E-state index is 0.738. The van der Waals surface area contributed by atoms with Crippen molar-refractivity contribution in [2.75, 3.05) is 0 Å². The molecule has 0 fully saturated rings. The number of aliphatic imine (C=N–C) groups is 1. The highest BCUT2D eigenvalue weighted by Crippen LogP contribution is 2.05. The lowest BCUT2D eigenvalue weighted by molar-refractivity contribution is 0.936. The lowest BCUT2D eigenvalue weighted by Gasteiger charge is -1.95. The molecule has 0 bridgehead atoms. The van der Waals surface area contributed by atoms with E-state index in [1.54, 1.807) is 17.1 Å². The normalized spacial score (nSPS) is 9.18. The molecule has 11 heavy (non-hydrogen) atoms. The molecule has 0 N–H and O–H groups in total. The van der Waals surface area contributed by atoms with Crippen molar-refractivity contribution in [2.24, 2.45) is 4.99 Å². The highest BCUT2D eigenvalue weighted by atomic mass is 15.3. The summed E-state index contributed by atoms with van der Waals surface area (Å²) < 4.78 is 1.59. The number of hydrogen-bond acceptors (Lipinski definition) is 2. The Morgan fingerprint density at radius 1 is 1.82 bits per heavy atom. The maximum atomic E-state index is 4.01. The van der Waals surface area contributed by atoms with Crippen molar-refractivity contribution in [2.45, 2.75) is 6.82 Å². The molecule has 1 rings (SSSR count). The summed E-state index contributed by atoms with van der Waals surface area (Å²) in [6, 6.07) is 0. The van der Waals surface area contributed by atoms with E-state index in [9.17, 15) is 0 Å². The molecule has 0 aliphatic rings. The van der Waals surface area contributed by atoms with Crippen LogP contribution in [0.1, 0.15) is 0 Å². The van der Waals surface area contributed by atoms with E-state index in [1.165, 1.54) is 0 Å². The van der Waals surface area contributed by atoms with E-state index in [0.717, 1.165) is 11.3 Å². The van der Waals surface area contributed by atoms with E-state index in [1.807, 2.05) is 14.1 Å². The second-order valence-corrected chi connectivity index (χ2v) is 2.00. The molecule has 1 radical (unpaired) electrons. The molecule has 1 aromatic rings. The van der Waals surface area contributed by atoms with Gasteiger partial charge in [-0.25, -0.2) is 9.67 Å². The fourth-order valence-electron chi connectivity index (χ4n) is 0.870. The van der Waals surface area contributed by atoms with E-state index in [-0.39, 0.29) is 0 Å². The van der Waals surface area contributed by atoms with Crippen molar-refractivity contribution >= 4 is 31.5 Å². The minimum Gasteiger partial charge on any atom is -0.245 e. The second-order valence-electron chi connectivity index (χ2n) is 2.00. The number of nitrogens with zero attached hydrogens (tertiary/aromatic N) is 3. The Kier molecular flexibility index (Phi) is 2.26. The third-order valence-electron chi connectivity index (χ3n) is 1.43. The fraction of sp³-hybridized carbons (Fsp3) is 0.143. The van der Waals surface area contributed by atoms with Crippen LogP contribution in [0.2, 0.25) is 6.82 Å². The summed E-state index contributed by atoms with van der Waals surface area (Å²) in [6.45, 7) is 8.96. The highest BCUT2D eigenvalue weighted by molar-refractivity contribution is 6.53. The summed E-state index contributed by atoms with van der Waals surface area (Å²) in [5, 5.41) is 4.01. The zero-order chi connectivity index (χ0) is 8.27. The Balaban J connectivity index is 3.18. The zero-order valence-corrected chi connectivity index (χ0v) is 6.49. The van der Waals surface area contributed by atoms with Crippen LogP contribution in [0.4, 0.5) is 5.82 Å². The number of rotatable bonds is 3. The number of hydrogen-bond donors (Lipinski definition) is 0.